The molecular weight excluding hydrogens is 276 g/mol. The Morgan fingerprint density at radius 3 is 2.63 bits per heavy atom. The maximum Gasteiger partial charge on any atom is 0.305 e. The fourth-order valence-electron chi connectivity index (χ4n) is 2.63. The molecule has 9 heteroatoms. The minimum Gasteiger partial charge on any atom is -0.481 e. The van der Waals surface area contributed by atoms with Gasteiger partial charge in [0.1, 0.15) is 6.04 Å². The lowest BCUT2D eigenvalue weighted by Gasteiger charge is -2.39. The molecule has 19 heavy (non-hydrogen) atoms. The van der Waals surface area contributed by atoms with E-state index in [9.17, 15) is 23.1 Å². The number of aliphatic hydroxyl groups is 1. The molecule has 0 aromatic rings. The zero-order valence-corrected chi connectivity index (χ0v) is 11.0. The van der Waals surface area contributed by atoms with Gasteiger partial charge in [0.15, 0.2) is 9.84 Å². The van der Waals surface area contributed by atoms with E-state index in [0.717, 1.165) is 0 Å². The zero-order valence-electron chi connectivity index (χ0n) is 10.2. The van der Waals surface area contributed by atoms with Crippen LogP contribution in [0.25, 0.3) is 0 Å². The van der Waals surface area contributed by atoms with Crippen LogP contribution in [0.3, 0.4) is 0 Å². The Morgan fingerprint density at radius 1 is 1.42 bits per heavy atom. The van der Waals surface area contributed by atoms with Crippen molar-refractivity contribution in [3.63, 3.8) is 0 Å². The molecule has 2 aliphatic rings. The molecule has 0 aliphatic carbocycles. The van der Waals surface area contributed by atoms with Gasteiger partial charge in [0.25, 0.3) is 0 Å². The Hall–Kier alpha value is -1.19. The summed E-state index contributed by atoms with van der Waals surface area (Å²) >= 11 is 0. The highest BCUT2D eigenvalue weighted by molar-refractivity contribution is 7.91. The van der Waals surface area contributed by atoms with Crippen LogP contribution in [0.1, 0.15) is 6.42 Å². The van der Waals surface area contributed by atoms with E-state index in [1.807, 2.05) is 0 Å². The van der Waals surface area contributed by atoms with E-state index in [4.69, 9.17) is 5.11 Å². The van der Waals surface area contributed by atoms with Crippen LogP contribution in [0.5, 0.6) is 0 Å². The lowest BCUT2D eigenvalue weighted by Crippen LogP contribution is -2.61. The SMILES string of the molecule is O=C(O)CC1C(=O)NCCN1C1CS(=O)(=O)CC1O. The Morgan fingerprint density at radius 2 is 2.11 bits per heavy atom. The number of carbonyl (C=O) groups is 2. The number of hydrogen-bond acceptors (Lipinski definition) is 6. The highest BCUT2D eigenvalue weighted by Crippen LogP contribution is 2.23. The zero-order chi connectivity index (χ0) is 14.2. The summed E-state index contributed by atoms with van der Waals surface area (Å²) < 4.78 is 23.0. The molecule has 2 fully saturated rings. The van der Waals surface area contributed by atoms with Crippen LogP contribution in [0.15, 0.2) is 0 Å². The summed E-state index contributed by atoms with van der Waals surface area (Å²) in [6.45, 7) is 0.652. The maximum absolute atomic E-state index is 11.7. The van der Waals surface area contributed by atoms with Crippen LogP contribution in [0.4, 0.5) is 0 Å². The van der Waals surface area contributed by atoms with E-state index in [1.54, 1.807) is 0 Å². The highest BCUT2D eigenvalue weighted by atomic mass is 32.2. The number of nitrogens with one attached hydrogen (secondary N) is 1. The molecule has 0 aromatic heterocycles. The Kier molecular flexibility index (Phi) is 3.79. The Balaban J connectivity index is 2.20. The number of nitrogens with zero attached hydrogens (tertiary/aromatic N) is 1. The second-order valence-corrected chi connectivity index (χ2v) is 7.01. The molecule has 2 heterocycles. The maximum atomic E-state index is 11.7. The fourth-order valence-corrected chi connectivity index (χ4v) is 4.44. The highest BCUT2D eigenvalue weighted by Gasteiger charge is 2.45. The molecule has 0 radical (unpaired) electrons. The second kappa shape index (κ2) is 5.06. The van der Waals surface area contributed by atoms with Crippen molar-refractivity contribution in [1.82, 2.24) is 10.2 Å². The molecule has 3 unspecified atom stereocenters. The molecule has 0 saturated carbocycles. The summed E-state index contributed by atoms with van der Waals surface area (Å²) in [4.78, 5) is 24.0. The molecule has 8 nitrogen and oxygen atoms in total. The number of piperazine rings is 1. The monoisotopic (exact) mass is 292 g/mol. The summed E-state index contributed by atoms with van der Waals surface area (Å²) in [5.74, 6) is -2.15. The summed E-state index contributed by atoms with van der Waals surface area (Å²) in [5, 5.41) is 21.2. The molecule has 1 amide bonds. The van der Waals surface area contributed by atoms with Crippen LogP contribution >= 0.6 is 0 Å². The molecule has 2 rings (SSSR count). The van der Waals surface area contributed by atoms with Crippen molar-refractivity contribution in [1.29, 1.82) is 0 Å². The van der Waals surface area contributed by atoms with Gasteiger partial charge in [-0.1, -0.05) is 0 Å². The van der Waals surface area contributed by atoms with Crippen molar-refractivity contribution in [3.05, 3.63) is 0 Å². The average molecular weight is 292 g/mol. The van der Waals surface area contributed by atoms with Crippen LogP contribution in [0.2, 0.25) is 0 Å². The minimum atomic E-state index is -3.33. The third-order valence-corrected chi connectivity index (χ3v) is 5.16. The molecule has 2 aliphatic heterocycles. The number of hydrogen-bond donors (Lipinski definition) is 3. The summed E-state index contributed by atoms with van der Waals surface area (Å²) in [6.07, 6.45) is -1.48. The largest absolute Gasteiger partial charge is 0.481 e. The van der Waals surface area contributed by atoms with Crippen molar-refractivity contribution in [2.24, 2.45) is 0 Å². The number of sulfone groups is 1. The first kappa shape index (κ1) is 14.2. The quantitative estimate of drug-likeness (QED) is 0.522. The van der Waals surface area contributed by atoms with Crippen molar-refractivity contribution >= 4 is 21.7 Å². The van der Waals surface area contributed by atoms with E-state index in [0.29, 0.717) is 13.1 Å². The normalized spacial score (nSPS) is 35.0. The number of carbonyl (C=O) groups excluding carboxylic acids is 1. The third kappa shape index (κ3) is 3.04. The predicted molar refractivity (Wildman–Crippen MR) is 64.2 cm³/mol. The third-order valence-electron chi connectivity index (χ3n) is 3.46. The molecule has 108 valence electrons. The van der Waals surface area contributed by atoms with Crippen molar-refractivity contribution in [2.45, 2.75) is 24.6 Å². The van der Waals surface area contributed by atoms with Gasteiger partial charge in [-0.25, -0.2) is 8.42 Å². The van der Waals surface area contributed by atoms with Crippen LogP contribution in [-0.4, -0.2) is 78.2 Å². The standard InChI is InChI=1S/C10H16N2O6S/c13-8-5-19(17,18)4-7(8)12-2-1-11-10(16)6(12)3-9(14)15/h6-8,13H,1-5H2,(H,11,16)(H,14,15). The average Bonchev–Trinajstić information content (AvgIpc) is 2.54. The van der Waals surface area contributed by atoms with Crippen LogP contribution in [-0.2, 0) is 19.4 Å². The van der Waals surface area contributed by atoms with Crippen molar-refractivity contribution in [3.8, 4) is 0 Å². The van der Waals surface area contributed by atoms with E-state index in [2.05, 4.69) is 5.32 Å². The first-order valence-electron chi connectivity index (χ1n) is 5.94. The minimum absolute atomic E-state index is 0.239. The predicted octanol–water partition coefficient (Wildman–Crippen LogP) is -2.58. The van der Waals surface area contributed by atoms with Crippen LogP contribution < -0.4 is 5.32 Å². The summed E-state index contributed by atoms with van der Waals surface area (Å²) in [6, 6.07) is -1.64. The molecular formula is C10H16N2O6S. The fraction of sp³-hybridized carbons (Fsp3) is 0.800. The number of aliphatic carboxylic acids is 1. The number of carboxylic acid groups (broad SMARTS) is 1. The first-order chi connectivity index (χ1) is 8.80. The molecule has 0 bridgehead atoms. The number of aliphatic hydroxyl groups excluding tert-OH is 1. The van der Waals surface area contributed by atoms with Gasteiger partial charge < -0.3 is 15.5 Å². The topological polar surface area (TPSA) is 124 Å². The van der Waals surface area contributed by atoms with E-state index < -0.39 is 46.3 Å². The Bertz CT molecular complexity index is 490. The van der Waals surface area contributed by atoms with Gasteiger partial charge in [0.2, 0.25) is 5.91 Å². The van der Waals surface area contributed by atoms with Gasteiger partial charge in [-0.3, -0.25) is 14.5 Å². The van der Waals surface area contributed by atoms with Gasteiger partial charge in [-0.15, -0.1) is 0 Å². The molecule has 0 aromatic carbocycles. The van der Waals surface area contributed by atoms with Crippen molar-refractivity contribution < 1.29 is 28.2 Å². The van der Waals surface area contributed by atoms with Gasteiger partial charge >= 0.3 is 5.97 Å². The lowest BCUT2D eigenvalue weighted by atomic mass is 10.0. The van der Waals surface area contributed by atoms with Gasteiger partial charge in [-0.2, -0.15) is 0 Å². The van der Waals surface area contributed by atoms with Gasteiger partial charge in [0.05, 0.1) is 30.1 Å². The van der Waals surface area contributed by atoms with E-state index in [-0.39, 0.29) is 11.5 Å². The van der Waals surface area contributed by atoms with Gasteiger partial charge in [-0.05, 0) is 0 Å². The second-order valence-electron chi connectivity index (χ2n) is 4.85. The van der Waals surface area contributed by atoms with E-state index >= 15 is 0 Å². The lowest BCUT2D eigenvalue weighted by molar-refractivity contribution is -0.144. The molecule has 0 spiro atoms. The Labute approximate surface area is 110 Å². The first-order valence-corrected chi connectivity index (χ1v) is 7.76. The number of rotatable bonds is 3. The number of carboxylic acids is 1. The smallest absolute Gasteiger partial charge is 0.305 e. The molecule has 3 N–H and O–H groups in total. The summed E-state index contributed by atoms with van der Waals surface area (Å²) in [5.41, 5.74) is 0. The van der Waals surface area contributed by atoms with Crippen LogP contribution in [0, 0.1) is 0 Å². The van der Waals surface area contributed by atoms with E-state index in [1.165, 1.54) is 4.90 Å². The summed E-state index contributed by atoms with van der Waals surface area (Å²) in [7, 11) is -3.33. The van der Waals surface area contributed by atoms with Gasteiger partial charge in [0, 0.05) is 13.1 Å². The molecule has 3 atom stereocenters. The van der Waals surface area contributed by atoms with Crippen molar-refractivity contribution in [2.75, 3.05) is 24.6 Å². The molecule has 2 saturated heterocycles. The number of amides is 1.